The van der Waals surface area contributed by atoms with Crippen LogP contribution in [-0.4, -0.2) is 29.6 Å². The molecule has 6 heteroatoms. The molecule has 3 rings (SSSR count). The highest BCUT2D eigenvalue weighted by Crippen LogP contribution is 2.39. The van der Waals surface area contributed by atoms with E-state index in [1.807, 2.05) is 4.90 Å². The first kappa shape index (κ1) is 10.2. The Labute approximate surface area is 97.2 Å². The number of carbonyl (C=O) groups is 2. The molecule has 2 aliphatic rings. The molecule has 17 heavy (non-hydrogen) atoms. The normalized spacial score (nSPS) is 22.7. The second kappa shape index (κ2) is 3.51. The van der Waals surface area contributed by atoms with Crippen molar-refractivity contribution in [2.24, 2.45) is 0 Å². The number of amides is 1. The zero-order chi connectivity index (χ0) is 12.0. The van der Waals surface area contributed by atoms with Gasteiger partial charge in [0.05, 0.1) is 0 Å². The van der Waals surface area contributed by atoms with Crippen molar-refractivity contribution < 1.29 is 19.1 Å². The zero-order valence-corrected chi connectivity index (χ0v) is 9.10. The van der Waals surface area contributed by atoms with Gasteiger partial charge in [0.1, 0.15) is 23.7 Å². The molecule has 0 aromatic carbocycles. The number of nitrogens with one attached hydrogen (secondary N) is 1. The highest BCUT2D eigenvalue weighted by molar-refractivity contribution is 6.08. The molecule has 1 saturated heterocycles. The number of carbonyl (C=O) groups excluding carboxylic acids is 1. The molecule has 0 bridgehead atoms. The van der Waals surface area contributed by atoms with Crippen molar-refractivity contribution in [1.29, 1.82) is 0 Å². The Morgan fingerprint density at radius 2 is 2.35 bits per heavy atom. The van der Waals surface area contributed by atoms with E-state index in [4.69, 9.17) is 9.52 Å². The SMILES string of the molecule is O=C(O)c1occ2c1NC(=O)C1CCCCN21. The first-order valence-electron chi connectivity index (χ1n) is 5.61. The fraction of sp³-hybridized carbons (Fsp3) is 0.455. The van der Waals surface area contributed by atoms with Gasteiger partial charge < -0.3 is 19.7 Å². The summed E-state index contributed by atoms with van der Waals surface area (Å²) in [6.07, 6.45) is 4.25. The minimum Gasteiger partial charge on any atom is -0.475 e. The number of furan rings is 1. The molecule has 2 aliphatic heterocycles. The summed E-state index contributed by atoms with van der Waals surface area (Å²) >= 11 is 0. The standard InChI is InChI=1S/C11H12N2O4/c14-10-6-3-1-2-4-13(6)7-5-17-9(11(15)16)8(7)12-10/h5-6H,1-4H2,(H,12,14)(H,15,16). The minimum atomic E-state index is -1.16. The molecular weight excluding hydrogens is 224 g/mol. The van der Waals surface area contributed by atoms with Crippen molar-refractivity contribution in [1.82, 2.24) is 0 Å². The summed E-state index contributed by atoms with van der Waals surface area (Å²) in [7, 11) is 0. The Balaban J connectivity index is 2.07. The van der Waals surface area contributed by atoms with Crippen LogP contribution in [0.2, 0.25) is 0 Å². The Kier molecular flexibility index (Phi) is 2.10. The van der Waals surface area contributed by atoms with Crippen LogP contribution in [0, 0.1) is 0 Å². The van der Waals surface area contributed by atoms with Gasteiger partial charge in [-0.3, -0.25) is 4.79 Å². The lowest BCUT2D eigenvalue weighted by Crippen LogP contribution is -2.50. The van der Waals surface area contributed by atoms with Crippen LogP contribution in [0.5, 0.6) is 0 Å². The summed E-state index contributed by atoms with van der Waals surface area (Å²) in [4.78, 5) is 24.8. The van der Waals surface area contributed by atoms with E-state index in [2.05, 4.69) is 5.32 Å². The molecule has 0 aliphatic carbocycles. The van der Waals surface area contributed by atoms with E-state index in [1.165, 1.54) is 6.26 Å². The molecule has 3 heterocycles. The van der Waals surface area contributed by atoms with E-state index in [0.717, 1.165) is 25.8 Å². The Hall–Kier alpha value is -1.98. The molecular formula is C11H12N2O4. The van der Waals surface area contributed by atoms with Gasteiger partial charge in [0.2, 0.25) is 11.7 Å². The average Bonchev–Trinajstić information content (AvgIpc) is 2.73. The van der Waals surface area contributed by atoms with Gasteiger partial charge in [-0.15, -0.1) is 0 Å². The maximum Gasteiger partial charge on any atom is 0.374 e. The van der Waals surface area contributed by atoms with E-state index in [-0.39, 0.29) is 17.7 Å². The number of carboxylic acids is 1. The van der Waals surface area contributed by atoms with Crippen molar-refractivity contribution in [2.75, 3.05) is 16.8 Å². The third kappa shape index (κ3) is 1.40. The van der Waals surface area contributed by atoms with Crippen molar-refractivity contribution in [3.05, 3.63) is 12.0 Å². The lowest BCUT2D eigenvalue weighted by Gasteiger charge is -2.39. The molecule has 1 aromatic heterocycles. The molecule has 1 atom stereocenters. The summed E-state index contributed by atoms with van der Waals surface area (Å²) in [6.45, 7) is 0.768. The van der Waals surface area contributed by atoms with Crippen LogP contribution in [0.15, 0.2) is 10.7 Å². The van der Waals surface area contributed by atoms with E-state index in [1.54, 1.807) is 0 Å². The minimum absolute atomic E-state index is 0.138. The van der Waals surface area contributed by atoms with Gasteiger partial charge in [-0.1, -0.05) is 0 Å². The van der Waals surface area contributed by atoms with Gasteiger partial charge in [-0.25, -0.2) is 4.79 Å². The smallest absolute Gasteiger partial charge is 0.374 e. The Morgan fingerprint density at radius 1 is 1.53 bits per heavy atom. The third-order valence-corrected chi connectivity index (χ3v) is 3.33. The molecule has 0 spiro atoms. The predicted octanol–water partition coefficient (Wildman–Crippen LogP) is 1.29. The highest BCUT2D eigenvalue weighted by atomic mass is 16.4. The lowest BCUT2D eigenvalue weighted by molar-refractivity contribution is -0.118. The summed E-state index contributed by atoms with van der Waals surface area (Å²) in [6, 6.07) is -0.185. The maximum absolute atomic E-state index is 11.9. The maximum atomic E-state index is 11.9. The first-order chi connectivity index (χ1) is 8.18. The van der Waals surface area contributed by atoms with Crippen LogP contribution in [0.3, 0.4) is 0 Å². The van der Waals surface area contributed by atoms with Crippen LogP contribution in [0.4, 0.5) is 11.4 Å². The van der Waals surface area contributed by atoms with Crippen LogP contribution in [-0.2, 0) is 4.79 Å². The number of aromatic carboxylic acids is 1. The molecule has 1 aromatic rings. The number of hydrogen-bond donors (Lipinski definition) is 2. The number of fused-ring (bicyclic) bond motifs is 3. The number of rotatable bonds is 1. The molecule has 1 fully saturated rings. The topological polar surface area (TPSA) is 82.8 Å². The number of carboxylic acid groups (broad SMARTS) is 1. The Morgan fingerprint density at radius 3 is 3.12 bits per heavy atom. The van der Waals surface area contributed by atoms with Crippen LogP contribution < -0.4 is 10.2 Å². The van der Waals surface area contributed by atoms with Crippen molar-refractivity contribution in [3.8, 4) is 0 Å². The van der Waals surface area contributed by atoms with Crippen molar-refractivity contribution in [3.63, 3.8) is 0 Å². The fourth-order valence-corrected chi connectivity index (χ4v) is 2.54. The Bertz CT molecular complexity index is 494. The third-order valence-electron chi connectivity index (χ3n) is 3.33. The number of anilines is 2. The molecule has 1 unspecified atom stereocenters. The molecule has 0 radical (unpaired) electrons. The van der Waals surface area contributed by atoms with E-state index >= 15 is 0 Å². The molecule has 6 nitrogen and oxygen atoms in total. The average molecular weight is 236 g/mol. The zero-order valence-electron chi connectivity index (χ0n) is 9.10. The van der Waals surface area contributed by atoms with Crippen molar-refractivity contribution in [2.45, 2.75) is 25.3 Å². The number of piperidine rings is 1. The van der Waals surface area contributed by atoms with E-state index < -0.39 is 5.97 Å². The second-order valence-corrected chi connectivity index (χ2v) is 4.32. The highest BCUT2D eigenvalue weighted by Gasteiger charge is 2.38. The molecule has 1 amide bonds. The molecule has 90 valence electrons. The summed E-state index contributed by atoms with van der Waals surface area (Å²) in [5, 5.41) is 11.6. The largest absolute Gasteiger partial charge is 0.475 e. The molecule has 2 N–H and O–H groups in total. The van der Waals surface area contributed by atoms with Gasteiger partial charge in [0.15, 0.2) is 0 Å². The summed E-state index contributed by atoms with van der Waals surface area (Å²) in [5.74, 6) is -1.50. The van der Waals surface area contributed by atoms with Gasteiger partial charge >= 0.3 is 5.97 Å². The van der Waals surface area contributed by atoms with Crippen LogP contribution in [0.1, 0.15) is 29.8 Å². The number of nitrogens with zero attached hydrogens (tertiary/aromatic N) is 1. The van der Waals surface area contributed by atoms with Gasteiger partial charge in [0.25, 0.3) is 0 Å². The fourth-order valence-electron chi connectivity index (χ4n) is 2.54. The van der Waals surface area contributed by atoms with Crippen LogP contribution in [0.25, 0.3) is 0 Å². The summed E-state index contributed by atoms with van der Waals surface area (Å²) in [5.41, 5.74) is 0.979. The first-order valence-corrected chi connectivity index (χ1v) is 5.61. The summed E-state index contributed by atoms with van der Waals surface area (Å²) < 4.78 is 5.02. The van der Waals surface area contributed by atoms with Gasteiger partial charge in [0, 0.05) is 6.54 Å². The monoisotopic (exact) mass is 236 g/mol. The van der Waals surface area contributed by atoms with Gasteiger partial charge in [-0.2, -0.15) is 0 Å². The molecule has 0 saturated carbocycles. The predicted molar refractivity (Wildman–Crippen MR) is 59.3 cm³/mol. The van der Waals surface area contributed by atoms with E-state index in [9.17, 15) is 9.59 Å². The van der Waals surface area contributed by atoms with Crippen molar-refractivity contribution >= 4 is 23.3 Å². The van der Waals surface area contributed by atoms with E-state index in [0.29, 0.717) is 11.4 Å². The van der Waals surface area contributed by atoms with Crippen LogP contribution >= 0.6 is 0 Å². The van der Waals surface area contributed by atoms with Gasteiger partial charge in [-0.05, 0) is 19.3 Å². The number of hydrogen-bond acceptors (Lipinski definition) is 4. The lowest BCUT2D eigenvalue weighted by atomic mass is 9.98. The second-order valence-electron chi connectivity index (χ2n) is 4.32. The quantitative estimate of drug-likeness (QED) is 0.767.